The lowest BCUT2D eigenvalue weighted by atomic mass is 9.99. The minimum Gasteiger partial charge on any atom is -0.457 e. The molecule has 0 saturated carbocycles. The second-order valence-electron chi connectivity index (χ2n) is 17.3. The Morgan fingerprint density at radius 1 is 0.534 bits per heavy atom. The first-order chi connectivity index (χ1) is 28.4. The lowest BCUT2D eigenvalue weighted by Gasteiger charge is -2.39. The Morgan fingerprint density at radius 2 is 0.948 bits per heavy atom. The maximum absolute atomic E-state index is 12.8. The molecule has 0 aromatic carbocycles. The number of esters is 1. The molecule has 6 atom stereocenters. The number of hydrogen-bond donors (Lipinski definition) is 4. The van der Waals surface area contributed by atoms with Gasteiger partial charge in [-0.3, -0.25) is 4.79 Å². The van der Waals surface area contributed by atoms with Crippen molar-refractivity contribution in [3.05, 3.63) is 12.2 Å². The van der Waals surface area contributed by atoms with Crippen molar-refractivity contribution >= 4 is 5.97 Å². The standard InChI is InChI=1S/C49H94O9/c1-3-5-7-9-11-13-15-16-17-18-19-20-21-22-23-24-25-26-27-28-29-30-32-34-36-38-45(51)57-43(41-55-39-37-35-33-31-14-12-10-8-6-4-2)42-56-49-48(54)47(53)46(52)44(40-50)58-49/h18-19,43-44,46-50,52-54H,3-17,20-42H2,1-2H3/b19-18-. The van der Waals surface area contributed by atoms with E-state index in [4.69, 9.17) is 18.9 Å². The molecule has 9 nitrogen and oxygen atoms in total. The number of allylic oxidation sites excluding steroid dienone is 2. The van der Waals surface area contributed by atoms with Gasteiger partial charge in [-0.05, 0) is 38.5 Å². The van der Waals surface area contributed by atoms with Crippen LogP contribution in [0.25, 0.3) is 0 Å². The number of ether oxygens (including phenoxy) is 4. The van der Waals surface area contributed by atoms with E-state index in [-0.39, 0.29) is 19.2 Å². The van der Waals surface area contributed by atoms with Crippen LogP contribution in [0, 0.1) is 0 Å². The molecule has 0 radical (unpaired) electrons. The van der Waals surface area contributed by atoms with Crippen LogP contribution in [-0.4, -0.2) is 89.6 Å². The van der Waals surface area contributed by atoms with Crippen molar-refractivity contribution in [1.29, 1.82) is 0 Å². The molecule has 4 N–H and O–H groups in total. The lowest BCUT2D eigenvalue weighted by molar-refractivity contribution is -0.305. The third-order valence-electron chi connectivity index (χ3n) is 11.7. The summed E-state index contributed by atoms with van der Waals surface area (Å²) in [6.45, 7) is 4.59. The Balaban J connectivity index is 2.13. The molecule has 1 fully saturated rings. The third kappa shape index (κ3) is 31.8. The minimum absolute atomic E-state index is 0.108. The SMILES string of the molecule is CCCCCCCCCC/C=C\CCCCCCCCCCCCCCCC(=O)OC(COCCCCCCCCCCCC)COC1OC(CO)C(O)C(O)C1O. The molecule has 58 heavy (non-hydrogen) atoms. The van der Waals surface area contributed by atoms with Crippen LogP contribution in [0.4, 0.5) is 0 Å². The van der Waals surface area contributed by atoms with Crippen LogP contribution in [0.2, 0.25) is 0 Å². The number of hydrogen-bond acceptors (Lipinski definition) is 9. The summed E-state index contributed by atoms with van der Waals surface area (Å²) in [6, 6.07) is 0. The topological polar surface area (TPSA) is 135 Å². The molecule has 0 aromatic rings. The monoisotopic (exact) mass is 827 g/mol. The Morgan fingerprint density at radius 3 is 1.40 bits per heavy atom. The van der Waals surface area contributed by atoms with E-state index in [0.717, 1.165) is 32.1 Å². The van der Waals surface area contributed by atoms with Gasteiger partial charge in [0.1, 0.15) is 30.5 Å². The van der Waals surface area contributed by atoms with Crippen LogP contribution in [0.15, 0.2) is 12.2 Å². The van der Waals surface area contributed by atoms with Gasteiger partial charge in [0.25, 0.3) is 0 Å². The summed E-state index contributed by atoms with van der Waals surface area (Å²) in [5, 5.41) is 40.1. The molecule has 1 heterocycles. The molecular weight excluding hydrogens is 733 g/mol. The van der Waals surface area contributed by atoms with Gasteiger partial charge in [-0.15, -0.1) is 0 Å². The molecule has 9 heteroatoms. The fourth-order valence-electron chi connectivity index (χ4n) is 7.78. The first kappa shape index (κ1) is 54.9. The van der Waals surface area contributed by atoms with Crippen LogP contribution in [0.1, 0.15) is 232 Å². The van der Waals surface area contributed by atoms with E-state index in [2.05, 4.69) is 26.0 Å². The van der Waals surface area contributed by atoms with Crippen molar-refractivity contribution in [2.24, 2.45) is 0 Å². The number of carbonyl (C=O) groups excluding carboxylic acids is 1. The zero-order valence-corrected chi connectivity index (χ0v) is 37.8. The van der Waals surface area contributed by atoms with Gasteiger partial charge in [-0.1, -0.05) is 199 Å². The normalized spacial score (nSPS) is 20.3. The summed E-state index contributed by atoms with van der Waals surface area (Å²) >= 11 is 0. The zero-order valence-electron chi connectivity index (χ0n) is 37.8. The van der Waals surface area contributed by atoms with Crippen molar-refractivity contribution in [2.75, 3.05) is 26.4 Å². The number of carbonyl (C=O) groups is 1. The highest BCUT2D eigenvalue weighted by Crippen LogP contribution is 2.23. The van der Waals surface area contributed by atoms with E-state index >= 15 is 0 Å². The van der Waals surface area contributed by atoms with Gasteiger partial charge in [-0.2, -0.15) is 0 Å². The fourth-order valence-corrected chi connectivity index (χ4v) is 7.78. The van der Waals surface area contributed by atoms with Gasteiger partial charge in [0, 0.05) is 13.0 Å². The van der Waals surface area contributed by atoms with E-state index in [1.165, 1.54) is 180 Å². The molecular formula is C49H94O9. The van der Waals surface area contributed by atoms with Gasteiger partial charge in [0.15, 0.2) is 6.29 Å². The molecule has 1 saturated heterocycles. The molecule has 0 amide bonds. The Hall–Kier alpha value is -1.07. The predicted molar refractivity (Wildman–Crippen MR) is 238 cm³/mol. The molecule has 6 unspecified atom stereocenters. The van der Waals surface area contributed by atoms with E-state index in [1.54, 1.807) is 0 Å². The summed E-state index contributed by atoms with van der Waals surface area (Å²) < 4.78 is 22.8. The highest BCUT2D eigenvalue weighted by Gasteiger charge is 2.44. The summed E-state index contributed by atoms with van der Waals surface area (Å²) in [4.78, 5) is 12.8. The lowest BCUT2D eigenvalue weighted by Crippen LogP contribution is -2.59. The smallest absolute Gasteiger partial charge is 0.306 e. The van der Waals surface area contributed by atoms with Crippen LogP contribution in [0.5, 0.6) is 0 Å². The summed E-state index contributed by atoms with van der Waals surface area (Å²) in [6.07, 6.45) is 39.7. The van der Waals surface area contributed by atoms with Gasteiger partial charge in [-0.25, -0.2) is 0 Å². The second kappa shape index (κ2) is 41.3. The molecule has 1 aliphatic rings. The largest absolute Gasteiger partial charge is 0.457 e. The molecule has 344 valence electrons. The van der Waals surface area contributed by atoms with Crippen molar-refractivity contribution in [3.63, 3.8) is 0 Å². The van der Waals surface area contributed by atoms with Crippen LogP contribution in [-0.2, 0) is 23.7 Å². The van der Waals surface area contributed by atoms with Crippen molar-refractivity contribution in [2.45, 2.75) is 269 Å². The van der Waals surface area contributed by atoms with Gasteiger partial charge in [0.2, 0.25) is 0 Å². The van der Waals surface area contributed by atoms with Gasteiger partial charge < -0.3 is 39.4 Å². The first-order valence-corrected chi connectivity index (χ1v) is 24.8. The molecule has 0 spiro atoms. The molecule has 1 rings (SSSR count). The maximum Gasteiger partial charge on any atom is 0.306 e. The highest BCUT2D eigenvalue weighted by molar-refractivity contribution is 5.69. The average Bonchev–Trinajstić information content (AvgIpc) is 3.22. The van der Waals surface area contributed by atoms with Crippen LogP contribution < -0.4 is 0 Å². The van der Waals surface area contributed by atoms with Gasteiger partial charge in [0.05, 0.1) is 19.8 Å². The van der Waals surface area contributed by atoms with Crippen molar-refractivity contribution in [1.82, 2.24) is 0 Å². The molecule has 0 aromatic heterocycles. The highest BCUT2D eigenvalue weighted by atomic mass is 16.7. The first-order valence-electron chi connectivity index (χ1n) is 24.8. The van der Waals surface area contributed by atoms with E-state index in [1.807, 2.05) is 0 Å². The average molecular weight is 827 g/mol. The number of aliphatic hydroxyl groups is 4. The Kier molecular flexibility index (Phi) is 39.1. The predicted octanol–water partition coefficient (Wildman–Crippen LogP) is 11.6. The van der Waals surface area contributed by atoms with Crippen molar-refractivity contribution < 1.29 is 44.2 Å². The number of aliphatic hydroxyl groups excluding tert-OH is 4. The summed E-state index contributed by atoms with van der Waals surface area (Å²) in [5.74, 6) is -0.310. The zero-order chi connectivity index (χ0) is 42.2. The summed E-state index contributed by atoms with van der Waals surface area (Å²) in [5.41, 5.74) is 0. The summed E-state index contributed by atoms with van der Waals surface area (Å²) in [7, 11) is 0. The van der Waals surface area contributed by atoms with Crippen LogP contribution >= 0.6 is 0 Å². The number of rotatable bonds is 43. The molecule has 0 aliphatic carbocycles. The second-order valence-corrected chi connectivity index (χ2v) is 17.3. The maximum atomic E-state index is 12.8. The minimum atomic E-state index is -1.53. The third-order valence-corrected chi connectivity index (χ3v) is 11.7. The van der Waals surface area contributed by atoms with Gasteiger partial charge >= 0.3 is 5.97 Å². The van der Waals surface area contributed by atoms with Crippen LogP contribution in [0.3, 0.4) is 0 Å². The van der Waals surface area contributed by atoms with Crippen molar-refractivity contribution in [3.8, 4) is 0 Å². The Labute approximate surface area is 356 Å². The molecule has 1 aliphatic heterocycles. The molecule has 0 bridgehead atoms. The van der Waals surface area contributed by atoms with E-state index < -0.39 is 43.4 Å². The quantitative estimate of drug-likeness (QED) is 0.0269. The fraction of sp³-hybridized carbons (Fsp3) is 0.939. The van der Waals surface area contributed by atoms with E-state index in [9.17, 15) is 25.2 Å². The van der Waals surface area contributed by atoms with E-state index in [0.29, 0.717) is 13.0 Å². The Bertz CT molecular complexity index is 899. The number of unbranched alkanes of at least 4 members (excludes halogenated alkanes) is 30.